The highest BCUT2D eigenvalue weighted by Gasteiger charge is 2.12. The van der Waals surface area contributed by atoms with Gasteiger partial charge in [0.1, 0.15) is 5.82 Å². The van der Waals surface area contributed by atoms with Crippen LogP contribution >= 0.6 is 0 Å². The van der Waals surface area contributed by atoms with Crippen molar-refractivity contribution in [1.82, 2.24) is 15.3 Å². The van der Waals surface area contributed by atoms with E-state index in [1.54, 1.807) is 24.5 Å². The molecule has 98 valence electrons. The smallest absolute Gasteiger partial charge is 0.225 e. The Kier molecular flexibility index (Phi) is 3.37. The zero-order valence-corrected chi connectivity index (χ0v) is 10.5. The molecule has 1 aliphatic heterocycles. The molecule has 1 fully saturated rings. The molecule has 1 aromatic carbocycles. The molecule has 0 aliphatic carbocycles. The number of hydrogen-bond donors (Lipinski definition) is 1. The third kappa shape index (κ3) is 2.71. The molecule has 0 radical (unpaired) electrons. The maximum Gasteiger partial charge on any atom is 0.225 e. The SMILES string of the molecule is Fc1ccc(-c2cnc(N3CCNCC3)nc2)cc1. The second-order valence-electron chi connectivity index (χ2n) is 4.52. The van der Waals surface area contributed by atoms with Gasteiger partial charge in [-0.3, -0.25) is 0 Å². The van der Waals surface area contributed by atoms with Crippen molar-refractivity contribution in [1.29, 1.82) is 0 Å². The maximum atomic E-state index is 12.9. The molecule has 0 unspecified atom stereocenters. The first-order chi connectivity index (χ1) is 9.33. The van der Waals surface area contributed by atoms with Gasteiger partial charge in [0.2, 0.25) is 5.95 Å². The van der Waals surface area contributed by atoms with Crippen molar-refractivity contribution < 1.29 is 4.39 Å². The monoisotopic (exact) mass is 258 g/mol. The molecular formula is C14H15FN4. The van der Waals surface area contributed by atoms with Crippen LogP contribution in [0.25, 0.3) is 11.1 Å². The number of halogens is 1. The van der Waals surface area contributed by atoms with Crippen molar-refractivity contribution in [3.05, 3.63) is 42.5 Å². The molecule has 2 heterocycles. The lowest BCUT2D eigenvalue weighted by Gasteiger charge is -2.27. The largest absolute Gasteiger partial charge is 0.338 e. The summed E-state index contributed by atoms with van der Waals surface area (Å²) in [5.41, 5.74) is 1.83. The molecule has 0 saturated carbocycles. The van der Waals surface area contributed by atoms with Gasteiger partial charge in [-0.25, -0.2) is 14.4 Å². The second-order valence-corrected chi connectivity index (χ2v) is 4.52. The number of piperazine rings is 1. The Labute approximate surface area is 111 Å². The summed E-state index contributed by atoms with van der Waals surface area (Å²) < 4.78 is 12.9. The third-order valence-electron chi connectivity index (χ3n) is 3.22. The number of benzene rings is 1. The Bertz CT molecular complexity index is 532. The van der Waals surface area contributed by atoms with E-state index in [4.69, 9.17) is 0 Å². The minimum atomic E-state index is -0.234. The number of aromatic nitrogens is 2. The lowest BCUT2D eigenvalue weighted by molar-refractivity contribution is 0.580. The Hall–Kier alpha value is -2.01. The van der Waals surface area contributed by atoms with Gasteiger partial charge in [-0.15, -0.1) is 0 Å². The van der Waals surface area contributed by atoms with Crippen molar-refractivity contribution in [3.8, 4) is 11.1 Å². The molecular weight excluding hydrogens is 243 g/mol. The van der Waals surface area contributed by atoms with Crippen LogP contribution in [-0.4, -0.2) is 36.1 Å². The van der Waals surface area contributed by atoms with E-state index in [0.29, 0.717) is 0 Å². The van der Waals surface area contributed by atoms with Crippen LogP contribution < -0.4 is 10.2 Å². The van der Waals surface area contributed by atoms with Gasteiger partial charge in [-0.05, 0) is 17.7 Å². The van der Waals surface area contributed by atoms with Gasteiger partial charge in [-0.2, -0.15) is 0 Å². The molecule has 0 spiro atoms. The molecule has 1 N–H and O–H groups in total. The third-order valence-corrected chi connectivity index (χ3v) is 3.22. The topological polar surface area (TPSA) is 41.1 Å². The van der Waals surface area contributed by atoms with Crippen molar-refractivity contribution in [2.45, 2.75) is 0 Å². The van der Waals surface area contributed by atoms with E-state index in [1.807, 2.05) is 0 Å². The summed E-state index contributed by atoms with van der Waals surface area (Å²) in [7, 11) is 0. The van der Waals surface area contributed by atoms with Crippen LogP contribution in [0.2, 0.25) is 0 Å². The van der Waals surface area contributed by atoms with E-state index in [2.05, 4.69) is 20.2 Å². The van der Waals surface area contributed by atoms with Gasteiger partial charge < -0.3 is 10.2 Å². The lowest BCUT2D eigenvalue weighted by Crippen LogP contribution is -2.44. The van der Waals surface area contributed by atoms with Crippen LogP contribution in [-0.2, 0) is 0 Å². The van der Waals surface area contributed by atoms with Crippen LogP contribution in [0.4, 0.5) is 10.3 Å². The molecule has 1 aromatic heterocycles. The molecule has 0 amide bonds. The van der Waals surface area contributed by atoms with Crippen LogP contribution in [0.15, 0.2) is 36.7 Å². The predicted octanol–water partition coefficient (Wildman–Crippen LogP) is 1.69. The summed E-state index contributed by atoms with van der Waals surface area (Å²) in [5.74, 6) is 0.523. The zero-order valence-electron chi connectivity index (χ0n) is 10.5. The number of nitrogens with zero attached hydrogens (tertiary/aromatic N) is 3. The quantitative estimate of drug-likeness (QED) is 0.890. The highest BCUT2D eigenvalue weighted by molar-refractivity contribution is 5.61. The van der Waals surface area contributed by atoms with Crippen LogP contribution in [0, 0.1) is 5.82 Å². The van der Waals surface area contributed by atoms with Gasteiger partial charge in [0.25, 0.3) is 0 Å². The molecule has 4 nitrogen and oxygen atoms in total. The Morgan fingerprint density at radius 1 is 0.947 bits per heavy atom. The molecule has 19 heavy (non-hydrogen) atoms. The maximum absolute atomic E-state index is 12.9. The first kappa shape index (κ1) is 12.0. The Balaban J connectivity index is 1.80. The first-order valence-electron chi connectivity index (χ1n) is 6.36. The lowest BCUT2D eigenvalue weighted by atomic mass is 10.1. The summed E-state index contributed by atoms with van der Waals surface area (Å²) in [5, 5.41) is 3.29. The summed E-state index contributed by atoms with van der Waals surface area (Å²) in [4.78, 5) is 10.9. The molecule has 2 aromatic rings. The zero-order chi connectivity index (χ0) is 13.1. The van der Waals surface area contributed by atoms with E-state index in [0.717, 1.165) is 43.3 Å². The van der Waals surface area contributed by atoms with E-state index >= 15 is 0 Å². The van der Waals surface area contributed by atoms with Crippen molar-refractivity contribution >= 4 is 5.95 Å². The summed E-state index contributed by atoms with van der Waals surface area (Å²) in [6, 6.07) is 6.36. The van der Waals surface area contributed by atoms with Crippen LogP contribution in [0.1, 0.15) is 0 Å². The number of nitrogens with one attached hydrogen (secondary N) is 1. The van der Waals surface area contributed by atoms with Crippen molar-refractivity contribution in [3.63, 3.8) is 0 Å². The van der Waals surface area contributed by atoms with Gasteiger partial charge in [0, 0.05) is 44.1 Å². The van der Waals surface area contributed by atoms with E-state index in [9.17, 15) is 4.39 Å². The van der Waals surface area contributed by atoms with Gasteiger partial charge in [-0.1, -0.05) is 12.1 Å². The molecule has 1 aliphatic rings. The van der Waals surface area contributed by atoms with Crippen LogP contribution in [0.5, 0.6) is 0 Å². The van der Waals surface area contributed by atoms with Gasteiger partial charge in [0.05, 0.1) is 0 Å². The fourth-order valence-electron chi connectivity index (χ4n) is 2.14. The summed E-state index contributed by atoms with van der Waals surface area (Å²) in [6.45, 7) is 3.78. The highest BCUT2D eigenvalue weighted by atomic mass is 19.1. The minimum Gasteiger partial charge on any atom is -0.338 e. The predicted molar refractivity (Wildman–Crippen MR) is 72.5 cm³/mol. The average molecular weight is 258 g/mol. The van der Waals surface area contributed by atoms with Gasteiger partial charge in [0.15, 0.2) is 0 Å². The molecule has 3 rings (SSSR count). The first-order valence-corrected chi connectivity index (χ1v) is 6.36. The Morgan fingerprint density at radius 2 is 1.58 bits per heavy atom. The van der Waals surface area contributed by atoms with E-state index < -0.39 is 0 Å². The fourth-order valence-corrected chi connectivity index (χ4v) is 2.14. The normalized spacial score (nSPS) is 15.5. The number of hydrogen-bond acceptors (Lipinski definition) is 4. The second kappa shape index (κ2) is 5.32. The minimum absolute atomic E-state index is 0.234. The molecule has 0 atom stereocenters. The molecule has 1 saturated heterocycles. The van der Waals surface area contributed by atoms with Crippen molar-refractivity contribution in [2.24, 2.45) is 0 Å². The van der Waals surface area contributed by atoms with Crippen LogP contribution in [0.3, 0.4) is 0 Å². The molecule has 0 bridgehead atoms. The number of rotatable bonds is 2. The fraction of sp³-hybridized carbons (Fsp3) is 0.286. The highest BCUT2D eigenvalue weighted by Crippen LogP contribution is 2.19. The number of anilines is 1. The Morgan fingerprint density at radius 3 is 2.21 bits per heavy atom. The van der Waals surface area contributed by atoms with E-state index in [1.165, 1.54) is 12.1 Å². The summed E-state index contributed by atoms with van der Waals surface area (Å²) in [6.07, 6.45) is 3.58. The summed E-state index contributed by atoms with van der Waals surface area (Å²) >= 11 is 0. The van der Waals surface area contributed by atoms with E-state index in [-0.39, 0.29) is 5.82 Å². The molecule has 5 heteroatoms. The van der Waals surface area contributed by atoms with Gasteiger partial charge >= 0.3 is 0 Å². The average Bonchev–Trinajstić information content (AvgIpc) is 2.49. The standard InChI is InChI=1S/C14H15FN4/c15-13-3-1-11(2-4-13)12-9-17-14(18-10-12)19-7-5-16-6-8-19/h1-4,9-10,16H,5-8H2. The van der Waals surface area contributed by atoms with Crippen molar-refractivity contribution in [2.75, 3.05) is 31.1 Å².